The van der Waals surface area contributed by atoms with E-state index >= 15 is 0 Å². The smallest absolute Gasteiger partial charge is 0.217 e. The maximum atomic E-state index is 10.9. The van der Waals surface area contributed by atoms with E-state index in [1.54, 1.807) is 14.0 Å². The molecular formula is C9H17NO4. The molecule has 0 aromatic rings. The third kappa shape index (κ3) is 2.67. The van der Waals surface area contributed by atoms with E-state index in [2.05, 4.69) is 5.32 Å². The maximum Gasteiger partial charge on any atom is 0.217 e. The molecule has 1 rings (SSSR count). The van der Waals surface area contributed by atoms with Crippen molar-refractivity contribution in [1.29, 1.82) is 0 Å². The second-order valence-corrected chi connectivity index (χ2v) is 3.54. The Morgan fingerprint density at radius 1 is 1.64 bits per heavy atom. The summed E-state index contributed by atoms with van der Waals surface area (Å²) in [5.74, 6) is -0.155. The molecule has 1 heterocycles. The Balaban J connectivity index is 2.57. The first-order valence-corrected chi connectivity index (χ1v) is 4.68. The van der Waals surface area contributed by atoms with Gasteiger partial charge in [0.2, 0.25) is 5.91 Å². The Labute approximate surface area is 83.4 Å². The molecule has 82 valence electrons. The molecule has 0 aromatic carbocycles. The summed E-state index contributed by atoms with van der Waals surface area (Å²) in [6, 6.07) is -0.291. The van der Waals surface area contributed by atoms with Gasteiger partial charge in [-0.2, -0.15) is 0 Å². The van der Waals surface area contributed by atoms with Crippen molar-refractivity contribution in [3.8, 4) is 0 Å². The molecule has 5 heteroatoms. The predicted octanol–water partition coefficient (Wildman–Crippen LogP) is -0.367. The molecule has 0 aliphatic carbocycles. The van der Waals surface area contributed by atoms with E-state index in [-0.39, 0.29) is 24.3 Å². The number of aliphatic hydroxyl groups excluding tert-OH is 1. The van der Waals surface area contributed by atoms with Crippen LogP contribution in [0.5, 0.6) is 0 Å². The number of hydrogen-bond donors (Lipinski definition) is 2. The number of ether oxygens (including phenoxy) is 2. The number of amides is 1. The highest BCUT2D eigenvalue weighted by molar-refractivity contribution is 5.73. The lowest BCUT2D eigenvalue weighted by Gasteiger charge is -2.37. The summed E-state index contributed by atoms with van der Waals surface area (Å²) in [7, 11) is 1.54. The van der Waals surface area contributed by atoms with Crippen LogP contribution in [0.15, 0.2) is 0 Å². The Kier molecular flexibility index (Phi) is 3.86. The third-order valence-corrected chi connectivity index (χ3v) is 2.36. The minimum Gasteiger partial charge on any atom is -0.388 e. The average Bonchev–Trinajstić information content (AvgIpc) is 2.11. The van der Waals surface area contributed by atoms with Gasteiger partial charge < -0.3 is 19.9 Å². The highest BCUT2D eigenvalue weighted by Gasteiger charge is 2.35. The van der Waals surface area contributed by atoms with Gasteiger partial charge >= 0.3 is 0 Å². The Hall–Kier alpha value is -0.650. The lowest BCUT2D eigenvalue weighted by molar-refractivity contribution is -0.214. The lowest BCUT2D eigenvalue weighted by atomic mass is 9.99. The zero-order chi connectivity index (χ0) is 10.7. The van der Waals surface area contributed by atoms with Gasteiger partial charge in [0.15, 0.2) is 6.29 Å². The lowest BCUT2D eigenvalue weighted by Crippen LogP contribution is -2.54. The number of hydrogen-bond acceptors (Lipinski definition) is 4. The zero-order valence-electron chi connectivity index (χ0n) is 8.69. The summed E-state index contributed by atoms with van der Waals surface area (Å²) < 4.78 is 10.4. The van der Waals surface area contributed by atoms with Crippen LogP contribution in [0.3, 0.4) is 0 Å². The quantitative estimate of drug-likeness (QED) is 0.642. The Bertz CT molecular complexity index is 209. The maximum absolute atomic E-state index is 10.9. The van der Waals surface area contributed by atoms with Crippen molar-refractivity contribution < 1.29 is 19.4 Å². The minimum absolute atomic E-state index is 0.155. The van der Waals surface area contributed by atoms with Crippen LogP contribution in [-0.2, 0) is 14.3 Å². The van der Waals surface area contributed by atoms with Gasteiger partial charge in [-0.15, -0.1) is 0 Å². The highest BCUT2D eigenvalue weighted by Crippen LogP contribution is 2.20. The first-order valence-electron chi connectivity index (χ1n) is 4.68. The molecular weight excluding hydrogens is 186 g/mol. The van der Waals surface area contributed by atoms with Gasteiger partial charge in [-0.3, -0.25) is 4.79 Å². The van der Waals surface area contributed by atoms with Crippen LogP contribution in [0.1, 0.15) is 20.3 Å². The molecule has 1 aliphatic rings. The van der Waals surface area contributed by atoms with Crippen molar-refractivity contribution in [3.05, 3.63) is 0 Å². The summed E-state index contributed by atoms with van der Waals surface area (Å²) in [6.07, 6.45) is -0.886. The molecule has 0 spiro atoms. The van der Waals surface area contributed by atoms with Crippen molar-refractivity contribution in [2.45, 2.75) is 44.8 Å². The molecule has 14 heavy (non-hydrogen) atoms. The van der Waals surface area contributed by atoms with Crippen molar-refractivity contribution in [2.24, 2.45) is 0 Å². The van der Waals surface area contributed by atoms with Crippen LogP contribution < -0.4 is 5.32 Å². The normalized spacial score (nSPS) is 38.0. The topological polar surface area (TPSA) is 67.8 Å². The summed E-state index contributed by atoms with van der Waals surface area (Å²) in [5.41, 5.74) is 0. The number of aliphatic hydroxyl groups is 1. The predicted molar refractivity (Wildman–Crippen MR) is 49.6 cm³/mol. The standard InChI is InChI=1S/C9H17NO4/c1-5-9(12)7(10-6(2)11)4-8(13-3)14-5/h5,7-9,12H,4H2,1-3H3,(H,10,11)/t5-,7-,8+,9+/m0/s1. The van der Waals surface area contributed by atoms with Crippen LogP contribution in [-0.4, -0.2) is 42.7 Å². The minimum atomic E-state index is -0.676. The number of carbonyl (C=O) groups excluding carboxylic acids is 1. The number of carbonyl (C=O) groups is 1. The first kappa shape index (κ1) is 11.4. The van der Waals surface area contributed by atoms with Gasteiger partial charge in [-0.25, -0.2) is 0 Å². The molecule has 4 atom stereocenters. The largest absolute Gasteiger partial charge is 0.388 e. The third-order valence-electron chi connectivity index (χ3n) is 2.36. The molecule has 0 bridgehead atoms. The Morgan fingerprint density at radius 2 is 2.29 bits per heavy atom. The summed E-state index contributed by atoms with van der Waals surface area (Å²) in [6.45, 7) is 3.18. The number of rotatable bonds is 2. The van der Waals surface area contributed by atoms with Crippen LogP contribution in [0, 0.1) is 0 Å². The van der Waals surface area contributed by atoms with Gasteiger partial charge in [0.25, 0.3) is 0 Å². The van der Waals surface area contributed by atoms with Gasteiger partial charge in [-0.05, 0) is 6.92 Å². The number of methoxy groups -OCH3 is 1. The van der Waals surface area contributed by atoms with Gasteiger partial charge in [0.05, 0.1) is 12.1 Å². The fraction of sp³-hybridized carbons (Fsp3) is 0.889. The van der Waals surface area contributed by atoms with Crippen LogP contribution in [0.2, 0.25) is 0 Å². The van der Waals surface area contributed by atoms with Gasteiger partial charge in [0.1, 0.15) is 6.10 Å². The molecule has 1 fully saturated rings. The van der Waals surface area contributed by atoms with E-state index in [4.69, 9.17) is 9.47 Å². The van der Waals surface area contributed by atoms with Crippen LogP contribution >= 0.6 is 0 Å². The molecule has 0 unspecified atom stereocenters. The Morgan fingerprint density at radius 3 is 2.79 bits per heavy atom. The first-order chi connectivity index (χ1) is 6.54. The molecule has 1 amide bonds. The molecule has 0 radical (unpaired) electrons. The monoisotopic (exact) mass is 203 g/mol. The van der Waals surface area contributed by atoms with E-state index in [0.29, 0.717) is 6.42 Å². The summed E-state index contributed by atoms with van der Waals surface area (Å²) >= 11 is 0. The van der Waals surface area contributed by atoms with Crippen molar-refractivity contribution in [2.75, 3.05) is 7.11 Å². The summed E-state index contributed by atoms with van der Waals surface area (Å²) in [4.78, 5) is 10.9. The second-order valence-electron chi connectivity index (χ2n) is 3.54. The number of nitrogens with one attached hydrogen (secondary N) is 1. The van der Waals surface area contributed by atoms with Gasteiger partial charge in [-0.1, -0.05) is 0 Å². The van der Waals surface area contributed by atoms with E-state index in [9.17, 15) is 9.90 Å². The van der Waals surface area contributed by atoms with Crippen LogP contribution in [0.4, 0.5) is 0 Å². The fourth-order valence-corrected chi connectivity index (χ4v) is 1.61. The molecule has 1 aliphatic heterocycles. The highest BCUT2D eigenvalue weighted by atomic mass is 16.7. The molecule has 0 aromatic heterocycles. The van der Waals surface area contributed by atoms with E-state index in [1.165, 1.54) is 6.92 Å². The van der Waals surface area contributed by atoms with E-state index < -0.39 is 6.10 Å². The molecule has 2 N–H and O–H groups in total. The van der Waals surface area contributed by atoms with Crippen molar-refractivity contribution in [1.82, 2.24) is 5.32 Å². The van der Waals surface area contributed by atoms with E-state index in [0.717, 1.165) is 0 Å². The second kappa shape index (κ2) is 4.72. The average molecular weight is 203 g/mol. The molecule has 5 nitrogen and oxygen atoms in total. The van der Waals surface area contributed by atoms with Crippen molar-refractivity contribution in [3.63, 3.8) is 0 Å². The zero-order valence-corrected chi connectivity index (χ0v) is 8.69. The van der Waals surface area contributed by atoms with E-state index in [1.807, 2.05) is 0 Å². The van der Waals surface area contributed by atoms with Crippen molar-refractivity contribution >= 4 is 5.91 Å². The van der Waals surface area contributed by atoms with Crippen LogP contribution in [0.25, 0.3) is 0 Å². The summed E-state index contributed by atoms with van der Waals surface area (Å²) in [5, 5.41) is 12.4. The fourth-order valence-electron chi connectivity index (χ4n) is 1.61. The SMILES string of the molecule is CO[C@H]1C[C@H](NC(C)=O)[C@H](O)[C@H](C)O1. The van der Waals surface area contributed by atoms with Gasteiger partial charge in [0, 0.05) is 20.5 Å². The molecule has 1 saturated heterocycles. The molecule has 0 saturated carbocycles.